The Bertz CT molecular complexity index is 587. The van der Waals surface area contributed by atoms with Crippen molar-refractivity contribution in [1.82, 2.24) is 0 Å². The molecule has 3 rings (SSSR count). The van der Waals surface area contributed by atoms with E-state index in [-0.39, 0.29) is 60.5 Å². The van der Waals surface area contributed by atoms with Crippen LogP contribution in [0.4, 0.5) is 0 Å². The van der Waals surface area contributed by atoms with Gasteiger partial charge in [0, 0.05) is 0 Å². The first-order chi connectivity index (χ1) is 18.5. The SMILES string of the molecule is C.C.C.CC1OC(CO)C(O)C(O)C1I.CC1OC(CO)C(O)C(O)C1I.OCC1OC(O)C(I)C(O)C1O.[I][V]([I])[I]. The molecule has 0 aliphatic carbocycles. The van der Waals surface area contributed by atoms with Gasteiger partial charge in [-0.25, -0.2) is 0 Å². The Labute approximate surface area is 334 Å². The van der Waals surface area contributed by atoms with E-state index in [9.17, 15) is 30.6 Å². The van der Waals surface area contributed by atoms with Crippen LogP contribution in [0, 0.1) is 0 Å². The molecule has 20 heteroatoms. The number of ether oxygens (including phenoxy) is 3. The van der Waals surface area contributed by atoms with Crippen LogP contribution >= 0.6 is 128 Å². The molecule has 3 aliphatic rings. The van der Waals surface area contributed by atoms with E-state index in [0.29, 0.717) is 0 Å². The molecule has 0 aromatic rings. The maximum atomic E-state index is 9.47. The van der Waals surface area contributed by atoms with Gasteiger partial charge in [-0.05, 0) is 13.8 Å². The minimum atomic E-state index is -1.14. The van der Waals surface area contributed by atoms with Crippen molar-refractivity contribution in [3.63, 3.8) is 0 Å². The van der Waals surface area contributed by atoms with E-state index in [0.717, 1.165) is 0 Å². The minimum absolute atomic E-state index is 0. The van der Waals surface area contributed by atoms with Crippen LogP contribution in [0.15, 0.2) is 0 Å². The van der Waals surface area contributed by atoms with Crippen molar-refractivity contribution in [3.05, 3.63) is 0 Å². The van der Waals surface area contributed by atoms with Crippen molar-refractivity contribution in [2.45, 2.75) is 121 Å². The van der Waals surface area contributed by atoms with Crippen LogP contribution in [0.1, 0.15) is 36.1 Å². The van der Waals surface area contributed by atoms with Crippen molar-refractivity contribution >= 4 is 128 Å². The monoisotopic (exact) mass is 1350 g/mol. The molecule has 3 fully saturated rings. The fraction of sp³-hybridized carbons (Fsp3) is 1.00. The first-order valence-electron chi connectivity index (χ1n) is 11.7. The molecule has 43 heavy (non-hydrogen) atoms. The maximum absolute atomic E-state index is 9.47. The van der Waals surface area contributed by atoms with E-state index < -0.39 is 71.8 Å². The van der Waals surface area contributed by atoms with E-state index in [1.165, 1.54) is 0 Å². The zero-order valence-electron chi connectivity index (χ0n) is 21.2. The first kappa shape index (κ1) is 54.2. The van der Waals surface area contributed by atoms with Crippen LogP contribution in [0.25, 0.3) is 0 Å². The average molecular weight is 1350 g/mol. The molecule has 266 valence electrons. The molecule has 0 saturated carbocycles. The number of halogens is 6. The second-order valence-corrected chi connectivity index (χ2v) is 48.5. The summed E-state index contributed by atoms with van der Waals surface area (Å²) in [7, 11) is 0. The van der Waals surface area contributed by atoms with Crippen LogP contribution in [-0.2, 0) is 19.1 Å². The van der Waals surface area contributed by atoms with Gasteiger partial charge >= 0.3 is 64.9 Å². The average Bonchev–Trinajstić information content (AvgIpc) is 2.91. The Hall–Kier alpha value is 4.44. The van der Waals surface area contributed by atoms with Gasteiger partial charge < -0.3 is 65.3 Å². The number of aliphatic hydroxyl groups excluding tert-OH is 10. The van der Waals surface area contributed by atoms with Gasteiger partial charge in [-0.15, -0.1) is 0 Å². The third kappa shape index (κ3) is 18.5. The van der Waals surface area contributed by atoms with Gasteiger partial charge in [-0.1, -0.05) is 90.1 Å². The van der Waals surface area contributed by atoms with E-state index >= 15 is 0 Å². The number of hydrogen-bond donors (Lipinski definition) is 10. The Morgan fingerprint density at radius 2 is 0.721 bits per heavy atom. The van der Waals surface area contributed by atoms with Gasteiger partial charge in [-0.2, -0.15) is 0 Å². The van der Waals surface area contributed by atoms with Gasteiger partial charge in [-0.3, -0.25) is 0 Å². The van der Waals surface area contributed by atoms with Gasteiger partial charge in [0.05, 0.1) is 62.1 Å². The first-order valence-corrected chi connectivity index (χ1v) is 29.0. The second-order valence-electron chi connectivity index (χ2n) is 8.84. The topological polar surface area (TPSA) is 230 Å². The number of aliphatic hydroxyl groups is 10. The van der Waals surface area contributed by atoms with Crippen molar-refractivity contribution in [1.29, 1.82) is 0 Å². The predicted molar refractivity (Wildman–Crippen MR) is 213 cm³/mol. The summed E-state index contributed by atoms with van der Waals surface area (Å²) in [5.74, 6) is 0. The van der Waals surface area contributed by atoms with Gasteiger partial charge in [0.25, 0.3) is 0 Å². The summed E-state index contributed by atoms with van der Waals surface area (Å²) in [5.41, 5.74) is 0. The zero-order chi connectivity index (χ0) is 31.5. The summed E-state index contributed by atoms with van der Waals surface area (Å²) in [4.78, 5) is -0.278. The summed E-state index contributed by atoms with van der Waals surface area (Å²) in [6.07, 6.45) is -9.41. The molecule has 15 unspecified atom stereocenters. The van der Waals surface area contributed by atoms with E-state index in [4.69, 9.17) is 34.6 Å². The van der Waals surface area contributed by atoms with Crippen LogP contribution in [-0.4, -0.2) is 156 Å². The normalized spacial score (nSPS) is 42.1. The van der Waals surface area contributed by atoms with Gasteiger partial charge in [0.15, 0.2) is 6.29 Å². The third-order valence-electron chi connectivity index (χ3n) is 5.97. The summed E-state index contributed by atoms with van der Waals surface area (Å²) >= 11 is 13.2. The van der Waals surface area contributed by atoms with Gasteiger partial charge in [0.1, 0.15) is 36.6 Å². The fourth-order valence-corrected chi connectivity index (χ4v) is 5.38. The second kappa shape index (κ2) is 28.1. The zero-order valence-corrected chi connectivity index (χ0v) is 35.5. The van der Waals surface area contributed by atoms with Crippen LogP contribution in [0.2, 0.25) is 0 Å². The molecular weight excluding hydrogens is 1300 g/mol. The number of hydrogen-bond acceptors (Lipinski definition) is 13. The molecule has 0 aromatic heterocycles. The van der Waals surface area contributed by atoms with Crippen LogP contribution in [0.3, 0.4) is 0 Å². The molecule has 3 heterocycles. The molecule has 0 spiro atoms. The van der Waals surface area contributed by atoms with E-state index in [1.807, 2.05) is 59.0 Å². The summed E-state index contributed by atoms with van der Waals surface area (Å²) < 4.78 is 14.5. The summed E-state index contributed by atoms with van der Waals surface area (Å²) in [5, 5.41) is 91.7. The van der Waals surface area contributed by atoms with E-state index in [1.54, 1.807) is 22.6 Å². The van der Waals surface area contributed by atoms with Crippen molar-refractivity contribution < 1.29 is 70.2 Å². The Balaban J connectivity index is -0.000000241. The Morgan fingerprint density at radius 1 is 0.488 bits per heavy atom. The Morgan fingerprint density at radius 3 is 0.977 bits per heavy atom. The quantitative estimate of drug-likeness (QED) is 0.143. The van der Waals surface area contributed by atoms with Crippen molar-refractivity contribution in [2.24, 2.45) is 0 Å². The standard InChI is InChI=1S/2C7H13IO4.C6H11IO5.3CH4.3HI.V/c2*1-3-5(8)7(11)6(10)4(2-9)12-3;7-3-5(10)4(9)2(1-8)12-6(3)11;;;;;;;/h2*3-7,9-11H,2H2,1H3;2-6,8-11H,1H2;3*1H4;3*1H;/q;;;;;;;;;+3/p-3. The Kier molecular flexibility index (Phi) is 35.4. The van der Waals surface area contributed by atoms with E-state index in [2.05, 4.69) is 59.9 Å². The number of alkyl halides is 3. The fourth-order valence-electron chi connectivity index (χ4n) is 3.60. The molecule has 0 amide bonds. The molecule has 3 saturated heterocycles. The summed E-state index contributed by atoms with van der Waals surface area (Å²) in [6.45, 7) is 2.69. The van der Waals surface area contributed by atoms with Crippen LogP contribution in [0.5, 0.6) is 0 Å². The third-order valence-corrected chi connectivity index (χ3v) is 10.8. The van der Waals surface area contributed by atoms with Crippen LogP contribution < -0.4 is 0 Å². The van der Waals surface area contributed by atoms with Crippen molar-refractivity contribution in [3.8, 4) is 0 Å². The van der Waals surface area contributed by atoms with Crippen molar-refractivity contribution in [2.75, 3.05) is 19.8 Å². The molecular formula is C23H49I6O13V. The molecule has 13 nitrogen and oxygen atoms in total. The molecule has 0 aromatic carbocycles. The summed E-state index contributed by atoms with van der Waals surface area (Å²) in [6, 6.07) is 0. The number of rotatable bonds is 3. The molecule has 0 bridgehead atoms. The molecule has 0 radical (unpaired) electrons. The predicted octanol–water partition coefficient (Wildman–Crippen LogP) is 1.37. The molecule has 3 aliphatic heterocycles. The molecule has 10 N–H and O–H groups in total. The molecule has 15 atom stereocenters. The van der Waals surface area contributed by atoms with Gasteiger partial charge in [0.2, 0.25) is 0 Å².